The molecule has 186 valence electrons. The number of nitrogens with zero attached hydrogens (tertiary/aromatic N) is 3. The van der Waals surface area contributed by atoms with Crippen LogP contribution in [-0.4, -0.2) is 79.7 Å². The van der Waals surface area contributed by atoms with Crippen molar-refractivity contribution in [1.82, 2.24) is 20.0 Å². The normalized spacial score (nSPS) is 15.0. The van der Waals surface area contributed by atoms with Gasteiger partial charge in [0.1, 0.15) is 17.3 Å². The number of ether oxygens (including phenoxy) is 3. The third kappa shape index (κ3) is 5.72. The predicted octanol–water partition coefficient (Wildman–Crippen LogP) is 1.47. The van der Waals surface area contributed by atoms with Crippen molar-refractivity contribution in [3.63, 3.8) is 0 Å². The summed E-state index contributed by atoms with van der Waals surface area (Å²) in [5.41, 5.74) is 8.30. The number of methoxy groups -OCH3 is 2. The lowest BCUT2D eigenvalue weighted by Gasteiger charge is -2.26. The van der Waals surface area contributed by atoms with Crippen molar-refractivity contribution in [1.29, 1.82) is 0 Å². The Morgan fingerprint density at radius 1 is 1.14 bits per heavy atom. The Kier molecular flexibility index (Phi) is 7.84. The highest BCUT2D eigenvalue weighted by molar-refractivity contribution is 6.08. The van der Waals surface area contributed by atoms with Crippen LogP contribution in [0.1, 0.15) is 16.1 Å². The largest absolute Gasteiger partial charge is 0.494 e. The number of aromatic nitrogens is 2. The lowest BCUT2D eigenvalue weighted by molar-refractivity contribution is -0.142. The molecule has 2 heterocycles. The number of nitrogen functional groups attached to an aromatic ring is 1. The molecule has 10 heteroatoms. The van der Waals surface area contributed by atoms with E-state index in [2.05, 4.69) is 15.3 Å². The molecule has 1 fully saturated rings. The van der Waals surface area contributed by atoms with Gasteiger partial charge in [-0.1, -0.05) is 30.3 Å². The van der Waals surface area contributed by atoms with Crippen molar-refractivity contribution in [2.45, 2.75) is 19.0 Å². The van der Waals surface area contributed by atoms with Gasteiger partial charge in [0.15, 0.2) is 5.69 Å². The number of rotatable bonds is 9. The lowest BCUT2D eigenvalue weighted by atomic mass is 10.1. The molecule has 0 spiro atoms. The summed E-state index contributed by atoms with van der Waals surface area (Å²) in [5.74, 6) is -0.489. The van der Waals surface area contributed by atoms with Crippen LogP contribution in [0.15, 0.2) is 42.5 Å². The Balaban J connectivity index is 1.63. The van der Waals surface area contributed by atoms with E-state index in [1.54, 1.807) is 23.9 Å². The van der Waals surface area contributed by atoms with E-state index in [9.17, 15) is 9.59 Å². The molecule has 1 aromatic heterocycles. The molecule has 0 unspecified atom stereocenters. The average molecular weight is 482 g/mol. The first-order valence-corrected chi connectivity index (χ1v) is 11.6. The molecular formula is C25H31N5O5. The number of amides is 1. The van der Waals surface area contributed by atoms with Gasteiger partial charge in [0.25, 0.3) is 5.91 Å². The zero-order valence-corrected chi connectivity index (χ0v) is 20.0. The number of nitrogens with one attached hydrogen (secondary N) is 1. The Bertz CT molecular complexity index is 1170. The Hall–Kier alpha value is -3.63. The highest BCUT2D eigenvalue weighted by atomic mass is 16.5. The van der Waals surface area contributed by atoms with Crippen LogP contribution in [0.3, 0.4) is 0 Å². The Labute approximate surface area is 203 Å². The number of carbonyl (C=O) groups excluding carboxylic acids is 2. The van der Waals surface area contributed by atoms with E-state index in [0.29, 0.717) is 48.5 Å². The monoisotopic (exact) mass is 481 g/mol. The molecule has 1 amide bonds. The maximum Gasteiger partial charge on any atom is 0.328 e. The average Bonchev–Trinajstić information content (AvgIpc) is 3.25. The second-order valence-corrected chi connectivity index (χ2v) is 8.38. The molecule has 1 aliphatic rings. The molecule has 0 saturated carbocycles. The number of fused-ring (bicyclic) bond motifs is 1. The second-order valence-electron chi connectivity index (χ2n) is 8.38. The molecule has 1 saturated heterocycles. The van der Waals surface area contributed by atoms with Crippen molar-refractivity contribution in [3.05, 3.63) is 53.7 Å². The summed E-state index contributed by atoms with van der Waals surface area (Å²) in [4.78, 5) is 28.2. The summed E-state index contributed by atoms with van der Waals surface area (Å²) in [7, 11) is 2.86. The quantitative estimate of drug-likeness (QED) is 0.348. The highest BCUT2D eigenvalue weighted by Crippen LogP contribution is 2.31. The van der Waals surface area contributed by atoms with Gasteiger partial charge in [-0.25, -0.2) is 4.79 Å². The van der Waals surface area contributed by atoms with E-state index in [1.165, 1.54) is 7.11 Å². The molecule has 0 bridgehead atoms. The number of esters is 1. The van der Waals surface area contributed by atoms with Gasteiger partial charge in [0.05, 0.1) is 34.0 Å². The zero-order chi connectivity index (χ0) is 24.8. The lowest BCUT2D eigenvalue weighted by Crippen LogP contribution is -2.43. The van der Waals surface area contributed by atoms with Crippen LogP contribution in [0.5, 0.6) is 5.75 Å². The van der Waals surface area contributed by atoms with Gasteiger partial charge >= 0.3 is 5.97 Å². The van der Waals surface area contributed by atoms with E-state index >= 15 is 0 Å². The van der Waals surface area contributed by atoms with Gasteiger partial charge in [-0.2, -0.15) is 5.10 Å². The fourth-order valence-electron chi connectivity index (χ4n) is 4.26. The second kappa shape index (κ2) is 11.2. The number of carbonyl (C=O) groups is 2. The van der Waals surface area contributed by atoms with Crippen LogP contribution < -0.4 is 15.8 Å². The molecular weight excluding hydrogens is 450 g/mol. The fraction of sp³-hybridized carbons (Fsp3) is 0.400. The Morgan fingerprint density at radius 2 is 1.89 bits per heavy atom. The number of anilines is 1. The SMILES string of the molecule is COC(=O)[C@H](Cc1ccccc1)NC(=O)c1nn(CCN2CCOCC2)c2c(OC)cc(N)cc12. The van der Waals surface area contributed by atoms with Gasteiger partial charge in [0.2, 0.25) is 0 Å². The van der Waals surface area contributed by atoms with E-state index in [-0.39, 0.29) is 5.69 Å². The maximum atomic E-state index is 13.4. The predicted molar refractivity (Wildman–Crippen MR) is 131 cm³/mol. The standard InChI is InChI=1S/C25H31N5O5/c1-33-21-16-18(26)15-19-22(28-30(23(19)21)9-8-29-10-12-35-13-11-29)24(31)27-20(25(32)34-2)14-17-6-4-3-5-7-17/h3-7,15-16,20H,8-14,26H2,1-2H3,(H,27,31)/t20-/m0/s1. The molecule has 0 aliphatic carbocycles. The topological polar surface area (TPSA) is 121 Å². The van der Waals surface area contributed by atoms with Crippen molar-refractivity contribution in [2.75, 3.05) is 52.8 Å². The van der Waals surface area contributed by atoms with Crippen molar-refractivity contribution < 1.29 is 23.8 Å². The van der Waals surface area contributed by atoms with Crippen LogP contribution in [0.25, 0.3) is 10.9 Å². The van der Waals surface area contributed by atoms with Crippen LogP contribution in [0.2, 0.25) is 0 Å². The van der Waals surface area contributed by atoms with Crippen LogP contribution in [0, 0.1) is 0 Å². The maximum absolute atomic E-state index is 13.4. The molecule has 1 aliphatic heterocycles. The number of morpholine rings is 1. The summed E-state index contributed by atoms with van der Waals surface area (Å²) >= 11 is 0. The summed E-state index contributed by atoms with van der Waals surface area (Å²) in [6.45, 7) is 4.38. The summed E-state index contributed by atoms with van der Waals surface area (Å²) in [6, 6.07) is 12.0. The van der Waals surface area contributed by atoms with Gasteiger partial charge in [-0.05, 0) is 11.6 Å². The number of nitrogens with two attached hydrogens (primary N) is 1. The van der Waals surface area contributed by atoms with E-state index in [0.717, 1.165) is 25.2 Å². The van der Waals surface area contributed by atoms with Gasteiger partial charge in [-0.15, -0.1) is 0 Å². The third-order valence-electron chi connectivity index (χ3n) is 6.07. The van der Waals surface area contributed by atoms with E-state index in [4.69, 9.17) is 19.9 Å². The van der Waals surface area contributed by atoms with Gasteiger partial charge in [-0.3, -0.25) is 14.4 Å². The zero-order valence-electron chi connectivity index (χ0n) is 20.0. The summed E-state index contributed by atoms with van der Waals surface area (Å²) < 4.78 is 17.7. The molecule has 2 aromatic carbocycles. The van der Waals surface area contributed by atoms with Crippen molar-refractivity contribution in [2.24, 2.45) is 0 Å². The Morgan fingerprint density at radius 3 is 2.57 bits per heavy atom. The minimum absolute atomic E-state index is 0.176. The molecule has 3 aromatic rings. The number of hydrogen-bond donors (Lipinski definition) is 2. The fourth-order valence-corrected chi connectivity index (χ4v) is 4.26. The first kappa shape index (κ1) is 24.5. The number of hydrogen-bond acceptors (Lipinski definition) is 8. The van der Waals surface area contributed by atoms with Crippen LogP contribution in [-0.2, 0) is 27.2 Å². The highest BCUT2D eigenvalue weighted by Gasteiger charge is 2.27. The minimum atomic E-state index is -0.869. The number of benzene rings is 2. The molecule has 1 atom stereocenters. The van der Waals surface area contributed by atoms with Crippen molar-refractivity contribution >= 4 is 28.5 Å². The van der Waals surface area contributed by atoms with Gasteiger partial charge in [0, 0.05) is 43.2 Å². The summed E-state index contributed by atoms with van der Waals surface area (Å²) in [6.07, 6.45) is 0.292. The first-order chi connectivity index (χ1) is 17.0. The van der Waals surface area contributed by atoms with Crippen molar-refractivity contribution in [3.8, 4) is 5.75 Å². The smallest absolute Gasteiger partial charge is 0.328 e. The minimum Gasteiger partial charge on any atom is -0.494 e. The molecule has 10 nitrogen and oxygen atoms in total. The van der Waals surface area contributed by atoms with Crippen LogP contribution >= 0.6 is 0 Å². The molecule has 3 N–H and O–H groups in total. The molecule has 0 radical (unpaired) electrons. The molecule has 4 rings (SSSR count). The molecule has 35 heavy (non-hydrogen) atoms. The van der Waals surface area contributed by atoms with Gasteiger partial charge < -0.3 is 25.3 Å². The van der Waals surface area contributed by atoms with E-state index in [1.807, 2.05) is 30.3 Å². The van der Waals surface area contributed by atoms with Crippen LogP contribution in [0.4, 0.5) is 5.69 Å². The summed E-state index contributed by atoms with van der Waals surface area (Å²) in [5, 5.41) is 7.99. The first-order valence-electron chi connectivity index (χ1n) is 11.6. The van der Waals surface area contributed by atoms with E-state index < -0.39 is 17.9 Å². The third-order valence-corrected chi connectivity index (χ3v) is 6.07.